The molecule has 0 aromatic heterocycles. The molecule has 13 heavy (non-hydrogen) atoms. The summed E-state index contributed by atoms with van der Waals surface area (Å²) in [7, 11) is 2.11. The van der Waals surface area contributed by atoms with Crippen molar-refractivity contribution in [1.82, 2.24) is 10.2 Å². The van der Waals surface area contributed by atoms with E-state index < -0.39 is 0 Å². The van der Waals surface area contributed by atoms with Gasteiger partial charge in [-0.15, -0.1) is 0 Å². The molecule has 0 aromatic carbocycles. The minimum atomic E-state index is 0.0457. The minimum Gasteiger partial charge on any atom is -0.330 e. The number of nitrogens with zero attached hydrogens (tertiary/aromatic N) is 1. The van der Waals surface area contributed by atoms with Crippen LogP contribution in [-0.4, -0.2) is 30.9 Å². The van der Waals surface area contributed by atoms with Crippen LogP contribution in [0.1, 0.15) is 19.3 Å². The Morgan fingerprint density at radius 2 is 2.38 bits per heavy atom. The van der Waals surface area contributed by atoms with E-state index >= 15 is 0 Å². The predicted molar refractivity (Wildman–Crippen MR) is 51.1 cm³/mol. The molecule has 2 aliphatic heterocycles. The van der Waals surface area contributed by atoms with E-state index in [4.69, 9.17) is 0 Å². The summed E-state index contributed by atoms with van der Waals surface area (Å²) in [6.07, 6.45) is 2.91. The first kappa shape index (κ1) is 8.75. The molecule has 72 valence electrons. The van der Waals surface area contributed by atoms with Crippen molar-refractivity contribution in [2.24, 2.45) is 5.41 Å². The van der Waals surface area contributed by atoms with Crippen molar-refractivity contribution in [3.63, 3.8) is 0 Å². The monoisotopic (exact) mass is 180 g/mol. The van der Waals surface area contributed by atoms with Gasteiger partial charge in [-0.2, -0.15) is 0 Å². The van der Waals surface area contributed by atoms with Gasteiger partial charge in [0.1, 0.15) is 0 Å². The number of carbonyl (C=O) groups is 1. The second kappa shape index (κ2) is 2.84. The minimum absolute atomic E-state index is 0.0457. The molecule has 0 radical (unpaired) electrons. The van der Waals surface area contributed by atoms with Crippen molar-refractivity contribution in [3.05, 3.63) is 12.3 Å². The normalized spacial score (nSPS) is 35.5. The second-order valence-electron chi connectivity index (χ2n) is 4.33. The van der Waals surface area contributed by atoms with Crippen molar-refractivity contribution in [2.45, 2.75) is 19.3 Å². The second-order valence-corrected chi connectivity index (χ2v) is 4.33. The molecule has 1 spiro atoms. The Bertz CT molecular complexity index is 262. The van der Waals surface area contributed by atoms with Gasteiger partial charge in [-0.25, -0.2) is 0 Å². The van der Waals surface area contributed by atoms with Crippen molar-refractivity contribution in [2.75, 3.05) is 20.1 Å². The maximum absolute atomic E-state index is 11.2. The summed E-state index contributed by atoms with van der Waals surface area (Å²) in [5, 5.41) is 2.84. The Hall–Kier alpha value is -0.830. The number of amides is 1. The molecule has 0 bridgehead atoms. The third-order valence-electron chi connectivity index (χ3n) is 3.20. The van der Waals surface area contributed by atoms with Crippen LogP contribution in [0, 0.1) is 5.41 Å². The van der Waals surface area contributed by atoms with Crippen LogP contribution >= 0.6 is 0 Å². The van der Waals surface area contributed by atoms with Gasteiger partial charge < -0.3 is 10.2 Å². The quantitative estimate of drug-likeness (QED) is 0.596. The lowest BCUT2D eigenvalue weighted by Crippen LogP contribution is -2.41. The Kier molecular flexibility index (Phi) is 1.91. The van der Waals surface area contributed by atoms with Crippen LogP contribution in [-0.2, 0) is 4.79 Å². The highest BCUT2D eigenvalue weighted by Crippen LogP contribution is 2.41. The van der Waals surface area contributed by atoms with Crippen LogP contribution in [0.3, 0.4) is 0 Å². The lowest BCUT2D eigenvalue weighted by Gasteiger charge is -2.38. The van der Waals surface area contributed by atoms with Gasteiger partial charge in [0.05, 0.1) is 0 Å². The molecule has 1 atom stereocenters. The molecule has 2 saturated heterocycles. The molecule has 0 aliphatic carbocycles. The molecule has 2 fully saturated rings. The Morgan fingerprint density at radius 3 is 2.92 bits per heavy atom. The Morgan fingerprint density at radius 1 is 1.62 bits per heavy atom. The van der Waals surface area contributed by atoms with Crippen molar-refractivity contribution < 1.29 is 4.79 Å². The summed E-state index contributed by atoms with van der Waals surface area (Å²) in [5.41, 5.74) is 0.980. The third kappa shape index (κ3) is 1.37. The Labute approximate surface area is 78.8 Å². The zero-order chi connectivity index (χ0) is 9.47. The summed E-state index contributed by atoms with van der Waals surface area (Å²) in [6.45, 7) is 6.08. The van der Waals surface area contributed by atoms with Crippen molar-refractivity contribution in [1.29, 1.82) is 0 Å². The molecule has 2 aliphatic rings. The maximum atomic E-state index is 11.2. The van der Waals surface area contributed by atoms with E-state index in [9.17, 15) is 4.79 Å². The number of nitrogens with one attached hydrogen (secondary N) is 1. The lowest BCUT2D eigenvalue weighted by atomic mass is 9.77. The van der Waals surface area contributed by atoms with Gasteiger partial charge in [-0.1, -0.05) is 6.58 Å². The van der Waals surface area contributed by atoms with E-state index in [-0.39, 0.29) is 11.3 Å². The summed E-state index contributed by atoms with van der Waals surface area (Å²) in [5.74, 6) is 0.139. The molecular weight excluding hydrogens is 164 g/mol. The van der Waals surface area contributed by atoms with E-state index in [1.807, 2.05) is 0 Å². The van der Waals surface area contributed by atoms with Gasteiger partial charge in [-0.3, -0.25) is 4.79 Å². The van der Waals surface area contributed by atoms with Crippen LogP contribution in [0.25, 0.3) is 0 Å². The number of carbonyl (C=O) groups excluding carboxylic acids is 1. The van der Waals surface area contributed by atoms with Crippen LogP contribution in [0.2, 0.25) is 0 Å². The van der Waals surface area contributed by atoms with Crippen molar-refractivity contribution in [3.8, 4) is 0 Å². The molecule has 2 rings (SSSR count). The first-order chi connectivity index (χ1) is 6.12. The fourth-order valence-corrected chi connectivity index (χ4v) is 2.51. The Balaban J connectivity index is 2.19. The number of rotatable bonds is 0. The first-order valence-electron chi connectivity index (χ1n) is 4.80. The van der Waals surface area contributed by atoms with Gasteiger partial charge in [0.15, 0.2) is 0 Å². The largest absolute Gasteiger partial charge is 0.330 e. The molecule has 3 heteroatoms. The number of piperidine rings is 1. The van der Waals surface area contributed by atoms with Crippen LogP contribution < -0.4 is 5.32 Å². The summed E-state index contributed by atoms with van der Waals surface area (Å²) in [4.78, 5) is 13.5. The summed E-state index contributed by atoms with van der Waals surface area (Å²) < 4.78 is 0. The van der Waals surface area contributed by atoms with E-state index in [1.54, 1.807) is 0 Å². The topological polar surface area (TPSA) is 32.3 Å². The van der Waals surface area contributed by atoms with Gasteiger partial charge in [0.2, 0.25) is 5.91 Å². The highest BCUT2D eigenvalue weighted by atomic mass is 16.2. The average molecular weight is 180 g/mol. The van der Waals surface area contributed by atoms with Crippen molar-refractivity contribution >= 4 is 5.91 Å². The molecular formula is C10H16N2O. The van der Waals surface area contributed by atoms with Gasteiger partial charge >= 0.3 is 0 Å². The number of hydrogen-bond donors (Lipinski definition) is 1. The van der Waals surface area contributed by atoms with Crippen LogP contribution in [0.15, 0.2) is 12.3 Å². The molecule has 0 saturated carbocycles. The number of likely N-dealkylation sites (tertiary alicyclic amines) is 1. The molecule has 2 heterocycles. The third-order valence-corrected chi connectivity index (χ3v) is 3.20. The van der Waals surface area contributed by atoms with E-state index in [1.165, 1.54) is 6.42 Å². The maximum Gasteiger partial charge on any atom is 0.225 e. The SMILES string of the molecule is C=C1NC(=O)CC12CCCN(C)C2. The molecule has 3 nitrogen and oxygen atoms in total. The van der Waals surface area contributed by atoms with Gasteiger partial charge in [0.25, 0.3) is 0 Å². The zero-order valence-electron chi connectivity index (χ0n) is 8.10. The summed E-state index contributed by atoms with van der Waals surface area (Å²) >= 11 is 0. The van der Waals surface area contributed by atoms with Crippen LogP contribution in [0.5, 0.6) is 0 Å². The molecule has 1 amide bonds. The molecule has 0 aromatic rings. The predicted octanol–water partition coefficient (Wildman–Crippen LogP) is 0.732. The molecule has 1 unspecified atom stereocenters. The van der Waals surface area contributed by atoms with Crippen LogP contribution in [0.4, 0.5) is 0 Å². The zero-order valence-corrected chi connectivity index (χ0v) is 8.10. The summed E-state index contributed by atoms with van der Waals surface area (Å²) in [6, 6.07) is 0. The standard InChI is InChI=1S/C10H16N2O/c1-8-10(6-9(13)11-8)4-3-5-12(2)7-10/h1,3-7H2,2H3,(H,11,13). The van der Waals surface area contributed by atoms with Gasteiger partial charge in [0, 0.05) is 24.1 Å². The fourth-order valence-electron chi connectivity index (χ4n) is 2.51. The smallest absolute Gasteiger partial charge is 0.225 e. The first-order valence-corrected chi connectivity index (χ1v) is 4.80. The highest BCUT2D eigenvalue weighted by molar-refractivity contribution is 5.82. The van der Waals surface area contributed by atoms with E-state index in [0.717, 1.165) is 25.2 Å². The molecule has 1 N–H and O–H groups in total. The van der Waals surface area contributed by atoms with E-state index in [2.05, 4.69) is 23.8 Å². The lowest BCUT2D eigenvalue weighted by molar-refractivity contribution is -0.119. The average Bonchev–Trinajstić information content (AvgIpc) is 2.26. The fraction of sp³-hybridized carbons (Fsp3) is 0.700. The highest BCUT2D eigenvalue weighted by Gasteiger charge is 2.43. The number of hydrogen-bond acceptors (Lipinski definition) is 2. The van der Waals surface area contributed by atoms with Gasteiger partial charge in [-0.05, 0) is 26.4 Å². The van der Waals surface area contributed by atoms with E-state index in [0.29, 0.717) is 6.42 Å².